The molecule has 0 aliphatic heterocycles. The number of hydrogen-bond donors (Lipinski definition) is 1. The predicted octanol–water partition coefficient (Wildman–Crippen LogP) is 2.23. The molecule has 1 rings (SSSR count). The fourth-order valence-corrected chi connectivity index (χ4v) is 1.05. The van der Waals surface area contributed by atoms with Gasteiger partial charge in [-0.2, -0.15) is 5.10 Å². The second-order valence-corrected chi connectivity index (χ2v) is 2.53. The summed E-state index contributed by atoms with van der Waals surface area (Å²) in [7, 11) is 0. The highest BCUT2D eigenvalue weighted by Gasteiger charge is 2.15. The third-order valence-corrected chi connectivity index (χ3v) is 1.61. The minimum absolute atomic E-state index is 0.304. The number of ether oxygens (including phenoxy) is 1. The van der Waals surface area contributed by atoms with Gasteiger partial charge in [-0.15, -0.1) is 0 Å². The van der Waals surface area contributed by atoms with E-state index in [4.69, 9.17) is 4.74 Å². The third kappa shape index (κ3) is 2.87. The van der Waals surface area contributed by atoms with Crippen LogP contribution in [0.1, 0.15) is 42.5 Å². The minimum Gasteiger partial charge on any atom is -0.462 e. The number of H-pyrrole nitrogens is 1. The van der Waals surface area contributed by atoms with Crippen LogP contribution in [0, 0.1) is 13.8 Å². The summed E-state index contributed by atoms with van der Waals surface area (Å²) in [5.41, 5.74) is 1.99. The van der Waals surface area contributed by atoms with Gasteiger partial charge >= 0.3 is 5.97 Å². The molecular weight excluding hydrogens is 180 g/mol. The summed E-state index contributed by atoms with van der Waals surface area (Å²) in [6.45, 7) is 9.74. The number of carbonyl (C=O) groups is 1. The van der Waals surface area contributed by atoms with E-state index in [1.165, 1.54) is 0 Å². The van der Waals surface area contributed by atoms with E-state index in [-0.39, 0.29) is 5.97 Å². The Morgan fingerprint density at radius 2 is 2.00 bits per heavy atom. The van der Waals surface area contributed by atoms with Gasteiger partial charge in [0.05, 0.1) is 12.3 Å². The Bertz CT molecular complexity index is 273. The van der Waals surface area contributed by atoms with Gasteiger partial charge in [-0.25, -0.2) is 4.79 Å². The highest BCUT2D eigenvalue weighted by molar-refractivity contribution is 5.91. The zero-order valence-electron chi connectivity index (χ0n) is 9.47. The first-order valence-corrected chi connectivity index (χ1v) is 4.85. The predicted molar refractivity (Wildman–Crippen MR) is 55.4 cm³/mol. The summed E-state index contributed by atoms with van der Waals surface area (Å²) in [4.78, 5) is 11.3. The highest BCUT2D eigenvalue weighted by atomic mass is 16.5. The maximum atomic E-state index is 11.3. The van der Waals surface area contributed by atoms with Crippen molar-refractivity contribution in [1.82, 2.24) is 10.2 Å². The van der Waals surface area contributed by atoms with Crippen molar-refractivity contribution in [1.29, 1.82) is 0 Å². The lowest BCUT2D eigenvalue weighted by atomic mass is 10.2. The van der Waals surface area contributed by atoms with Crippen molar-refractivity contribution in [3.8, 4) is 0 Å². The van der Waals surface area contributed by atoms with Crippen molar-refractivity contribution >= 4 is 5.97 Å². The van der Waals surface area contributed by atoms with Gasteiger partial charge in [0, 0.05) is 5.69 Å². The number of aryl methyl sites for hydroxylation is 2. The molecule has 0 aliphatic carbocycles. The maximum absolute atomic E-state index is 11.3. The standard InChI is InChI=1S/C8H12N2O2.C2H6/c1-4-12-8(11)7-5(2)9-10-6(7)3;1-2/h4H2,1-3H3,(H,9,10);1-2H3. The van der Waals surface area contributed by atoms with E-state index in [1.807, 2.05) is 13.8 Å². The molecule has 0 aliphatic rings. The molecule has 0 unspecified atom stereocenters. The van der Waals surface area contributed by atoms with Gasteiger partial charge in [-0.05, 0) is 20.8 Å². The van der Waals surface area contributed by atoms with Gasteiger partial charge < -0.3 is 4.74 Å². The van der Waals surface area contributed by atoms with Crippen LogP contribution in [-0.2, 0) is 4.74 Å². The number of aromatic nitrogens is 2. The largest absolute Gasteiger partial charge is 0.462 e. The SMILES string of the molecule is CC.CCOC(=O)c1c(C)n[nH]c1C. The molecule has 1 heterocycles. The summed E-state index contributed by atoms with van der Waals surface area (Å²) in [5, 5.41) is 6.62. The molecule has 1 N–H and O–H groups in total. The Balaban J connectivity index is 0.000000791. The summed E-state index contributed by atoms with van der Waals surface area (Å²) >= 11 is 0. The quantitative estimate of drug-likeness (QED) is 0.741. The number of aromatic amines is 1. The second kappa shape index (κ2) is 6.18. The first-order chi connectivity index (χ1) is 6.66. The minimum atomic E-state index is -0.304. The van der Waals surface area contributed by atoms with Gasteiger partial charge in [0.25, 0.3) is 0 Å². The van der Waals surface area contributed by atoms with Crippen LogP contribution in [0.2, 0.25) is 0 Å². The van der Waals surface area contributed by atoms with E-state index < -0.39 is 0 Å². The number of hydrogen-bond acceptors (Lipinski definition) is 3. The van der Waals surface area contributed by atoms with Gasteiger partial charge in [0.2, 0.25) is 0 Å². The lowest BCUT2D eigenvalue weighted by molar-refractivity contribution is 0.0525. The Hall–Kier alpha value is -1.32. The number of nitrogens with one attached hydrogen (secondary N) is 1. The molecule has 0 bridgehead atoms. The molecule has 0 aromatic carbocycles. The smallest absolute Gasteiger partial charge is 0.341 e. The number of carbonyl (C=O) groups excluding carboxylic acids is 1. The zero-order valence-corrected chi connectivity index (χ0v) is 9.47. The normalized spacial score (nSPS) is 8.93. The van der Waals surface area contributed by atoms with Crippen LogP contribution < -0.4 is 0 Å². The molecule has 4 heteroatoms. The molecule has 0 amide bonds. The number of rotatable bonds is 2. The second-order valence-electron chi connectivity index (χ2n) is 2.53. The van der Waals surface area contributed by atoms with Crippen LogP contribution >= 0.6 is 0 Å². The van der Waals surface area contributed by atoms with Crippen LogP contribution in [0.15, 0.2) is 0 Å². The Labute approximate surface area is 84.7 Å². The van der Waals surface area contributed by atoms with Crippen molar-refractivity contribution in [3.63, 3.8) is 0 Å². The van der Waals surface area contributed by atoms with Gasteiger partial charge in [-0.3, -0.25) is 5.10 Å². The lowest BCUT2D eigenvalue weighted by Crippen LogP contribution is -2.06. The maximum Gasteiger partial charge on any atom is 0.341 e. The van der Waals surface area contributed by atoms with Crippen molar-refractivity contribution < 1.29 is 9.53 Å². The van der Waals surface area contributed by atoms with Crippen molar-refractivity contribution in [2.24, 2.45) is 0 Å². The first kappa shape index (κ1) is 12.7. The van der Waals surface area contributed by atoms with Crippen LogP contribution in [-0.4, -0.2) is 22.8 Å². The highest BCUT2D eigenvalue weighted by Crippen LogP contribution is 2.10. The third-order valence-electron chi connectivity index (χ3n) is 1.61. The van der Waals surface area contributed by atoms with E-state index in [2.05, 4.69) is 10.2 Å². The van der Waals surface area contributed by atoms with E-state index in [0.29, 0.717) is 17.9 Å². The van der Waals surface area contributed by atoms with Gasteiger partial charge in [-0.1, -0.05) is 13.8 Å². The summed E-state index contributed by atoms with van der Waals surface area (Å²) in [6, 6.07) is 0. The zero-order chi connectivity index (χ0) is 11.1. The molecule has 14 heavy (non-hydrogen) atoms. The molecule has 1 aromatic rings. The summed E-state index contributed by atoms with van der Waals surface area (Å²) in [5.74, 6) is -0.304. The molecule has 0 radical (unpaired) electrons. The van der Waals surface area contributed by atoms with E-state index in [0.717, 1.165) is 5.69 Å². The summed E-state index contributed by atoms with van der Waals surface area (Å²) < 4.78 is 4.85. The Morgan fingerprint density at radius 1 is 1.43 bits per heavy atom. The van der Waals surface area contributed by atoms with E-state index in [1.54, 1.807) is 20.8 Å². The number of nitrogens with zero attached hydrogens (tertiary/aromatic N) is 1. The first-order valence-electron chi connectivity index (χ1n) is 4.85. The van der Waals surface area contributed by atoms with E-state index in [9.17, 15) is 4.79 Å². The molecule has 0 saturated heterocycles. The van der Waals surface area contributed by atoms with Gasteiger partial charge in [0.1, 0.15) is 5.56 Å². The average Bonchev–Trinajstić information content (AvgIpc) is 2.50. The van der Waals surface area contributed by atoms with Gasteiger partial charge in [0.15, 0.2) is 0 Å². The molecule has 80 valence electrons. The van der Waals surface area contributed by atoms with Crippen molar-refractivity contribution in [3.05, 3.63) is 17.0 Å². The molecule has 0 atom stereocenters. The fourth-order valence-electron chi connectivity index (χ4n) is 1.05. The number of esters is 1. The summed E-state index contributed by atoms with van der Waals surface area (Å²) in [6.07, 6.45) is 0. The molecule has 1 aromatic heterocycles. The molecular formula is C10H18N2O2. The molecule has 4 nitrogen and oxygen atoms in total. The topological polar surface area (TPSA) is 55.0 Å². The Kier molecular flexibility index (Phi) is 5.60. The van der Waals surface area contributed by atoms with Crippen LogP contribution in [0.25, 0.3) is 0 Å². The molecule has 0 spiro atoms. The molecule has 0 fully saturated rings. The fraction of sp³-hybridized carbons (Fsp3) is 0.600. The van der Waals surface area contributed by atoms with E-state index >= 15 is 0 Å². The van der Waals surface area contributed by atoms with Crippen LogP contribution in [0.5, 0.6) is 0 Å². The lowest BCUT2D eigenvalue weighted by Gasteiger charge is -1.99. The molecule has 0 saturated carbocycles. The van der Waals surface area contributed by atoms with Crippen molar-refractivity contribution in [2.45, 2.75) is 34.6 Å². The monoisotopic (exact) mass is 198 g/mol. The van der Waals surface area contributed by atoms with Crippen LogP contribution in [0.3, 0.4) is 0 Å². The van der Waals surface area contributed by atoms with Crippen molar-refractivity contribution in [2.75, 3.05) is 6.61 Å². The van der Waals surface area contributed by atoms with Crippen LogP contribution in [0.4, 0.5) is 0 Å². The Morgan fingerprint density at radius 3 is 2.36 bits per heavy atom. The average molecular weight is 198 g/mol.